The van der Waals surface area contributed by atoms with Gasteiger partial charge in [0, 0.05) is 37.4 Å². The normalized spacial score (nSPS) is 19.6. The van der Waals surface area contributed by atoms with Crippen LogP contribution in [0.15, 0.2) is 22.6 Å². The number of oxazole rings is 1. The highest BCUT2D eigenvalue weighted by molar-refractivity contribution is 6.00. The van der Waals surface area contributed by atoms with E-state index in [1.807, 2.05) is 20.8 Å². The van der Waals surface area contributed by atoms with Gasteiger partial charge in [0.05, 0.1) is 18.2 Å². The van der Waals surface area contributed by atoms with Crippen LogP contribution in [0.1, 0.15) is 44.5 Å². The molecule has 1 saturated heterocycles. The summed E-state index contributed by atoms with van der Waals surface area (Å²) in [7, 11) is 0. The smallest absolute Gasteiger partial charge is 0.228 e. The number of carbonyl (C=O) groups excluding carboxylic acids is 2. The van der Waals surface area contributed by atoms with E-state index in [0.29, 0.717) is 25.4 Å². The molecule has 2 aliphatic heterocycles. The number of halogens is 2. The highest BCUT2D eigenvalue weighted by Gasteiger charge is 2.39. The Morgan fingerprint density at radius 3 is 2.72 bits per heavy atom. The fraction of sp³-hybridized carbons (Fsp3) is 0.476. The highest BCUT2D eigenvalue weighted by atomic mass is 19.1. The third-order valence-corrected chi connectivity index (χ3v) is 5.36. The predicted octanol–water partition coefficient (Wildman–Crippen LogP) is 3.19. The van der Waals surface area contributed by atoms with Crippen LogP contribution in [-0.2, 0) is 28.0 Å². The number of hydrogen-bond acceptors (Lipinski definition) is 4. The fourth-order valence-electron chi connectivity index (χ4n) is 3.77. The molecule has 0 bridgehead atoms. The van der Waals surface area contributed by atoms with Crippen LogP contribution >= 0.6 is 0 Å². The molecule has 4 rings (SSSR count). The van der Waals surface area contributed by atoms with Crippen molar-refractivity contribution in [3.8, 4) is 0 Å². The molecule has 1 aromatic heterocycles. The van der Waals surface area contributed by atoms with Crippen LogP contribution in [-0.4, -0.2) is 34.8 Å². The Kier molecular flexibility index (Phi) is 4.67. The van der Waals surface area contributed by atoms with E-state index in [0.717, 1.165) is 23.6 Å². The molecule has 6 nitrogen and oxygen atoms in total. The molecule has 1 aromatic carbocycles. The van der Waals surface area contributed by atoms with E-state index in [9.17, 15) is 18.4 Å². The van der Waals surface area contributed by atoms with Crippen molar-refractivity contribution in [2.45, 2.75) is 45.6 Å². The number of benzene rings is 1. The quantitative estimate of drug-likeness (QED) is 0.773. The first-order valence-electron chi connectivity index (χ1n) is 9.67. The van der Waals surface area contributed by atoms with E-state index < -0.39 is 17.6 Å². The van der Waals surface area contributed by atoms with E-state index >= 15 is 0 Å². The predicted molar refractivity (Wildman–Crippen MR) is 101 cm³/mol. The summed E-state index contributed by atoms with van der Waals surface area (Å²) in [5, 5.41) is 0. The number of fused-ring (bicyclic) bond motifs is 1. The van der Waals surface area contributed by atoms with E-state index in [-0.39, 0.29) is 35.9 Å². The molecule has 29 heavy (non-hydrogen) atoms. The first kappa shape index (κ1) is 19.5. The lowest BCUT2D eigenvalue weighted by atomic mass is 9.97. The lowest BCUT2D eigenvalue weighted by Gasteiger charge is -2.27. The van der Waals surface area contributed by atoms with E-state index in [1.54, 1.807) is 4.90 Å². The van der Waals surface area contributed by atoms with Gasteiger partial charge in [-0.1, -0.05) is 20.8 Å². The Morgan fingerprint density at radius 2 is 2.03 bits per heavy atom. The summed E-state index contributed by atoms with van der Waals surface area (Å²) in [6.07, 6.45) is 0.576. The number of rotatable bonds is 2. The van der Waals surface area contributed by atoms with Gasteiger partial charge in [-0.15, -0.1) is 0 Å². The summed E-state index contributed by atoms with van der Waals surface area (Å²) >= 11 is 0. The van der Waals surface area contributed by atoms with Crippen molar-refractivity contribution < 1.29 is 22.8 Å². The van der Waals surface area contributed by atoms with Crippen LogP contribution in [0.5, 0.6) is 0 Å². The zero-order valence-electron chi connectivity index (χ0n) is 16.7. The molecule has 0 saturated carbocycles. The van der Waals surface area contributed by atoms with E-state index in [1.165, 1.54) is 11.0 Å². The minimum absolute atomic E-state index is 0.000972. The summed E-state index contributed by atoms with van der Waals surface area (Å²) in [6.45, 7) is 6.95. The van der Waals surface area contributed by atoms with Gasteiger partial charge in [0.1, 0.15) is 23.1 Å². The Morgan fingerprint density at radius 1 is 1.28 bits per heavy atom. The third-order valence-electron chi connectivity index (χ3n) is 5.36. The highest BCUT2D eigenvalue weighted by Crippen LogP contribution is 2.31. The first-order valence-corrected chi connectivity index (χ1v) is 9.67. The molecular weight excluding hydrogens is 380 g/mol. The van der Waals surface area contributed by atoms with Crippen LogP contribution in [0.4, 0.5) is 14.5 Å². The average molecular weight is 403 g/mol. The number of anilines is 1. The lowest BCUT2D eigenvalue weighted by Crippen LogP contribution is -2.40. The Hall–Kier alpha value is -2.77. The molecule has 2 amide bonds. The van der Waals surface area contributed by atoms with Crippen molar-refractivity contribution >= 4 is 17.5 Å². The van der Waals surface area contributed by atoms with Crippen molar-refractivity contribution in [1.82, 2.24) is 9.88 Å². The van der Waals surface area contributed by atoms with Gasteiger partial charge in [0.15, 0.2) is 5.89 Å². The van der Waals surface area contributed by atoms with Crippen LogP contribution in [0.3, 0.4) is 0 Å². The third kappa shape index (κ3) is 3.63. The molecule has 0 N–H and O–H groups in total. The van der Waals surface area contributed by atoms with E-state index in [4.69, 9.17) is 4.42 Å². The minimum atomic E-state index is -0.814. The molecular formula is C21H23F2N3O3. The topological polar surface area (TPSA) is 66.7 Å². The molecule has 1 atom stereocenters. The lowest BCUT2D eigenvalue weighted by molar-refractivity contribution is -0.136. The maximum atomic E-state index is 14.1. The standard InChI is InChI=1S/C21H23F2N3O3/c1-21(2,3)20-24-15-11-25(7-6-17(15)29-20)19(28)12-8-18(27)26(10-12)16-5-4-13(22)9-14(16)23/h4-5,9,12H,6-8,10-11H2,1-3H3. The molecule has 0 radical (unpaired) electrons. The molecule has 2 aromatic rings. The Bertz CT molecular complexity index is 980. The summed E-state index contributed by atoms with van der Waals surface area (Å²) < 4.78 is 33.1. The second-order valence-electron chi connectivity index (χ2n) is 8.65. The summed E-state index contributed by atoms with van der Waals surface area (Å²) in [5.74, 6) is -1.15. The number of hydrogen-bond donors (Lipinski definition) is 0. The monoisotopic (exact) mass is 403 g/mol. The van der Waals surface area contributed by atoms with Crippen molar-refractivity contribution in [2.24, 2.45) is 5.92 Å². The van der Waals surface area contributed by atoms with Crippen LogP contribution in [0.2, 0.25) is 0 Å². The average Bonchev–Trinajstić information content (AvgIpc) is 3.24. The minimum Gasteiger partial charge on any atom is -0.445 e. The van der Waals surface area contributed by atoms with Gasteiger partial charge in [-0.2, -0.15) is 0 Å². The molecule has 8 heteroatoms. The van der Waals surface area contributed by atoms with Crippen molar-refractivity contribution in [3.05, 3.63) is 47.2 Å². The second-order valence-corrected chi connectivity index (χ2v) is 8.65. The molecule has 154 valence electrons. The van der Waals surface area contributed by atoms with Gasteiger partial charge in [-0.25, -0.2) is 13.8 Å². The first-order chi connectivity index (χ1) is 13.6. The number of nitrogens with zero attached hydrogens (tertiary/aromatic N) is 3. The van der Waals surface area contributed by atoms with Crippen molar-refractivity contribution in [1.29, 1.82) is 0 Å². The van der Waals surface area contributed by atoms with Gasteiger partial charge < -0.3 is 14.2 Å². The summed E-state index contributed by atoms with van der Waals surface area (Å²) in [4.78, 5) is 32.9. The van der Waals surface area contributed by atoms with Gasteiger partial charge in [0.25, 0.3) is 0 Å². The molecule has 1 fully saturated rings. The fourth-order valence-corrected chi connectivity index (χ4v) is 3.77. The Labute approximate surface area is 167 Å². The number of aromatic nitrogens is 1. The molecule has 2 aliphatic rings. The maximum absolute atomic E-state index is 14.1. The van der Waals surface area contributed by atoms with Gasteiger partial charge in [-0.3, -0.25) is 9.59 Å². The molecule has 0 spiro atoms. The molecule has 0 aliphatic carbocycles. The van der Waals surface area contributed by atoms with Crippen molar-refractivity contribution in [3.63, 3.8) is 0 Å². The number of amides is 2. The van der Waals surface area contributed by atoms with Crippen LogP contribution in [0.25, 0.3) is 0 Å². The van der Waals surface area contributed by atoms with Gasteiger partial charge >= 0.3 is 0 Å². The SMILES string of the molecule is CC(C)(C)c1nc2c(o1)CCN(C(=O)C1CC(=O)N(c3ccc(F)cc3F)C1)C2. The second kappa shape index (κ2) is 6.93. The van der Waals surface area contributed by atoms with Crippen molar-refractivity contribution in [2.75, 3.05) is 18.0 Å². The number of carbonyl (C=O) groups is 2. The van der Waals surface area contributed by atoms with Crippen LogP contribution < -0.4 is 4.90 Å². The van der Waals surface area contributed by atoms with Gasteiger partial charge in [0.2, 0.25) is 11.8 Å². The summed E-state index contributed by atoms with van der Waals surface area (Å²) in [5.41, 5.74) is 0.531. The van der Waals surface area contributed by atoms with Gasteiger partial charge in [-0.05, 0) is 12.1 Å². The van der Waals surface area contributed by atoms with Crippen LogP contribution in [0, 0.1) is 17.6 Å². The zero-order chi connectivity index (χ0) is 20.9. The maximum Gasteiger partial charge on any atom is 0.228 e. The summed E-state index contributed by atoms with van der Waals surface area (Å²) in [6, 6.07) is 3.07. The molecule has 1 unspecified atom stereocenters. The Balaban J connectivity index is 1.48. The largest absolute Gasteiger partial charge is 0.445 e. The van der Waals surface area contributed by atoms with E-state index in [2.05, 4.69) is 4.98 Å². The molecule has 3 heterocycles. The zero-order valence-corrected chi connectivity index (χ0v) is 16.7.